The van der Waals surface area contributed by atoms with Crippen molar-refractivity contribution in [3.63, 3.8) is 0 Å². The van der Waals surface area contributed by atoms with Crippen LogP contribution in [0.3, 0.4) is 0 Å². The number of aryl methyl sites for hydroxylation is 1. The van der Waals surface area contributed by atoms with Gasteiger partial charge in [0.15, 0.2) is 4.77 Å². The maximum absolute atomic E-state index is 13.5. The molecule has 0 fully saturated rings. The van der Waals surface area contributed by atoms with E-state index in [4.69, 9.17) is 12.2 Å². The Morgan fingerprint density at radius 2 is 2.12 bits per heavy atom. The molecule has 1 heterocycles. The number of benzene rings is 1. The van der Waals surface area contributed by atoms with Crippen molar-refractivity contribution in [3.05, 3.63) is 52.3 Å². The molecule has 0 saturated carbocycles. The van der Waals surface area contributed by atoms with Crippen molar-refractivity contribution >= 4 is 12.2 Å². The van der Waals surface area contributed by atoms with Crippen molar-refractivity contribution in [2.24, 2.45) is 0 Å². The van der Waals surface area contributed by atoms with Crippen LogP contribution in [0.4, 0.5) is 4.39 Å². The van der Waals surface area contributed by atoms with Gasteiger partial charge in [0.05, 0.1) is 6.54 Å². The summed E-state index contributed by atoms with van der Waals surface area (Å²) >= 11 is 5.17. The summed E-state index contributed by atoms with van der Waals surface area (Å²) in [4.78, 5) is 2.98. The summed E-state index contributed by atoms with van der Waals surface area (Å²) in [5.74, 6) is -0.187. The zero-order chi connectivity index (χ0) is 11.5. The van der Waals surface area contributed by atoms with Gasteiger partial charge < -0.3 is 9.55 Å². The third-order valence-electron chi connectivity index (χ3n) is 2.60. The van der Waals surface area contributed by atoms with E-state index in [0.717, 1.165) is 12.1 Å². The fourth-order valence-electron chi connectivity index (χ4n) is 1.69. The number of H-pyrrole nitrogens is 1. The van der Waals surface area contributed by atoms with Crippen LogP contribution in [-0.4, -0.2) is 9.55 Å². The molecule has 0 aliphatic heterocycles. The Bertz CT molecular complexity index is 542. The van der Waals surface area contributed by atoms with Crippen LogP contribution in [0.5, 0.6) is 0 Å². The van der Waals surface area contributed by atoms with Gasteiger partial charge in [-0.15, -0.1) is 0 Å². The number of nitrogens with zero attached hydrogens (tertiary/aromatic N) is 1. The largest absolute Gasteiger partial charge is 0.337 e. The molecule has 0 saturated heterocycles. The zero-order valence-corrected chi connectivity index (χ0v) is 9.85. The van der Waals surface area contributed by atoms with Crippen molar-refractivity contribution in [1.82, 2.24) is 9.55 Å². The maximum Gasteiger partial charge on any atom is 0.177 e. The Balaban J connectivity index is 2.37. The van der Waals surface area contributed by atoms with Crippen LogP contribution in [0.1, 0.15) is 18.2 Å². The SMILES string of the molecule is CCc1c[nH]c(=S)n1Cc1ccccc1F. The second-order valence-corrected chi connectivity index (χ2v) is 4.00. The first-order chi connectivity index (χ1) is 7.72. The van der Waals surface area contributed by atoms with Crippen molar-refractivity contribution in [1.29, 1.82) is 0 Å². The molecular formula is C12H13FN2S. The third kappa shape index (κ3) is 2.07. The molecule has 0 radical (unpaired) electrons. The lowest BCUT2D eigenvalue weighted by Crippen LogP contribution is -2.05. The lowest BCUT2D eigenvalue weighted by atomic mass is 10.2. The maximum atomic E-state index is 13.5. The first-order valence-corrected chi connectivity index (χ1v) is 5.63. The van der Waals surface area contributed by atoms with E-state index in [0.29, 0.717) is 16.9 Å². The highest BCUT2D eigenvalue weighted by atomic mass is 32.1. The van der Waals surface area contributed by atoms with E-state index in [1.54, 1.807) is 12.1 Å². The molecule has 1 aromatic heterocycles. The first kappa shape index (κ1) is 11.1. The van der Waals surface area contributed by atoms with Crippen molar-refractivity contribution in [2.75, 3.05) is 0 Å². The monoisotopic (exact) mass is 236 g/mol. The number of halogens is 1. The molecule has 2 rings (SSSR count). The quantitative estimate of drug-likeness (QED) is 0.811. The van der Waals surface area contributed by atoms with Crippen LogP contribution in [-0.2, 0) is 13.0 Å². The number of hydrogen-bond donors (Lipinski definition) is 1. The van der Waals surface area contributed by atoms with E-state index >= 15 is 0 Å². The number of aromatic amines is 1. The molecule has 0 atom stereocenters. The summed E-state index contributed by atoms with van der Waals surface area (Å²) in [6.45, 7) is 2.54. The average Bonchev–Trinajstić information content (AvgIpc) is 2.63. The molecule has 0 aliphatic rings. The van der Waals surface area contributed by atoms with Gasteiger partial charge in [0, 0.05) is 17.5 Å². The molecule has 1 aromatic carbocycles. The number of hydrogen-bond acceptors (Lipinski definition) is 1. The Morgan fingerprint density at radius 3 is 2.81 bits per heavy atom. The molecule has 2 nitrogen and oxygen atoms in total. The number of imidazole rings is 1. The minimum absolute atomic E-state index is 0.187. The smallest absolute Gasteiger partial charge is 0.177 e. The van der Waals surface area contributed by atoms with Crippen molar-refractivity contribution in [2.45, 2.75) is 19.9 Å². The molecule has 0 amide bonds. The molecule has 0 aliphatic carbocycles. The molecular weight excluding hydrogens is 223 g/mol. The first-order valence-electron chi connectivity index (χ1n) is 5.23. The predicted octanol–water partition coefficient (Wildman–Crippen LogP) is 3.30. The standard InChI is InChI=1S/C12H13FN2S/c1-2-10-7-14-12(16)15(10)8-9-5-3-4-6-11(9)13/h3-7H,2,8H2,1H3,(H,14,16). The van der Waals surface area contributed by atoms with Crippen LogP contribution in [0.2, 0.25) is 0 Å². The van der Waals surface area contributed by atoms with Crippen molar-refractivity contribution in [3.8, 4) is 0 Å². The number of aromatic nitrogens is 2. The third-order valence-corrected chi connectivity index (χ3v) is 2.94. The molecule has 0 spiro atoms. The summed E-state index contributed by atoms with van der Waals surface area (Å²) in [6.07, 6.45) is 2.75. The highest BCUT2D eigenvalue weighted by Crippen LogP contribution is 2.11. The molecule has 16 heavy (non-hydrogen) atoms. The van der Waals surface area contributed by atoms with Crippen LogP contribution in [0, 0.1) is 10.6 Å². The van der Waals surface area contributed by atoms with Crippen LogP contribution in [0.25, 0.3) is 0 Å². The van der Waals surface area contributed by atoms with Crippen LogP contribution >= 0.6 is 12.2 Å². The number of rotatable bonds is 3. The average molecular weight is 236 g/mol. The minimum atomic E-state index is -0.187. The normalized spacial score (nSPS) is 10.6. The highest BCUT2D eigenvalue weighted by molar-refractivity contribution is 7.71. The molecule has 0 unspecified atom stereocenters. The lowest BCUT2D eigenvalue weighted by molar-refractivity contribution is 0.594. The van der Waals surface area contributed by atoms with Crippen molar-refractivity contribution < 1.29 is 4.39 Å². The molecule has 0 bridgehead atoms. The van der Waals surface area contributed by atoms with Crippen LogP contribution in [0.15, 0.2) is 30.5 Å². The summed E-state index contributed by atoms with van der Waals surface area (Å²) in [5, 5.41) is 0. The van der Waals surface area contributed by atoms with Gasteiger partial charge in [-0.3, -0.25) is 0 Å². The Labute approximate surface area is 98.7 Å². The van der Waals surface area contributed by atoms with Gasteiger partial charge in [-0.2, -0.15) is 0 Å². The lowest BCUT2D eigenvalue weighted by Gasteiger charge is -2.07. The van der Waals surface area contributed by atoms with E-state index in [9.17, 15) is 4.39 Å². The van der Waals surface area contributed by atoms with Gasteiger partial charge in [-0.05, 0) is 24.7 Å². The summed E-state index contributed by atoms with van der Waals surface area (Å²) < 4.78 is 16.1. The predicted molar refractivity (Wildman–Crippen MR) is 64.5 cm³/mol. The number of nitrogens with one attached hydrogen (secondary N) is 1. The van der Waals surface area contributed by atoms with Gasteiger partial charge in [-0.25, -0.2) is 4.39 Å². The fourth-order valence-corrected chi connectivity index (χ4v) is 1.94. The van der Waals surface area contributed by atoms with Gasteiger partial charge in [0.1, 0.15) is 5.82 Å². The van der Waals surface area contributed by atoms with Gasteiger partial charge in [0.2, 0.25) is 0 Å². The topological polar surface area (TPSA) is 20.7 Å². The van der Waals surface area contributed by atoms with E-state index in [1.807, 2.05) is 16.8 Å². The molecule has 84 valence electrons. The van der Waals surface area contributed by atoms with E-state index in [-0.39, 0.29) is 5.82 Å². The molecule has 4 heteroatoms. The molecule has 2 aromatic rings. The Kier molecular flexibility index (Phi) is 3.19. The summed E-state index contributed by atoms with van der Waals surface area (Å²) in [7, 11) is 0. The Morgan fingerprint density at radius 1 is 1.38 bits per heavy atom. The highest BCUT2D eigenvalue weighted by Gasteiger charge is 2.06. The minimum Gasteiger partial charge on any atom is -0.337 e. The van der Waals surface area contributed by atoms with E-state index < -0.39 is 0 Å². The Hall–Kier alpha value is -1.42. The second-order valence-electron chi connectivity index (χ2n) is 3.62. The summed E-state index contributed by atoms with van der Waals surface area (Å²) in [5.41, 5.74) is 1.75. The van der Waals surface area contributed by atoms with Crippen LogP contribution < -0.4 is 0 Å². The van der Waals surface area contributed by atoms with Gasteiger partial charge >= 0.3 is 0 Å². The van der Waals surface area contributed by atoms with E-state index in [1.165, 1.54) is 6.07 Å². The fraction of sp³-hybridized carbons (Fsp3) is 0.250. The van der Waals surface area contributed by atoms with Gasteiger partial charge in [-0.1, -0.05) is 25.1 Å². The van der Waals surface area contributed by atoms with E-state index in [2.05, 4.69) is 11.9 Å². The second kappa shape index (κ2) is 4.61. The zero-order valence-electron chi connectivity index (χ0n) is 9.03. The van der Waals surface area contributed by atoms with Gasteiger partial charge in [0.25, 0.3) is 0 Å². The molecule has 1 N–H and O–H groups in total. The summed E-state index contributed by atoms with van der Waals surface area (Å²) in [6, 6.07) is 6.77.